The summed E-state index contributed by atoms with van der Waals surface area (Å²) in [4.78, 5) is 11.3. The molecule has 2 aliphatic rings. The standard InChI is InChI=1S/C14H25NO4/c1-10(2)12(13(16)17)15-11-3-6-19-14(9-11)4-7-18-8-5-14/h10-12,15H,3-9H2,1-2H3,(H,16,17). The van der Waals surface area contributed by atoms with Crippen LogP contribution in [0.5, 0.6) is 0 Å². The van der Waals surface area contributed by atoms with Crippen molar-refractivity contribution in [3.63, 3.8) is 0 Å². The fourth-order valence-electron chi connectivity index (χ4n) is 3.06. The second-order valence-electron chi connectivity index (χ2n) is 6.06. The van der Waals surface area contributed by atoms with Crippen LogP contribution in [0.4, 0.5) is 0 Å². The summed E-state index contributed by atoms with van der Waals surface area (Å²) in [6, 6.07) is -0.240. The number of hydrogen-bond donors (Lipinski definition) is 2. The summed E-state index contributed by atoms with van der Waals surface area (Å²) in [6.45, 7) is 6.09. The SMILES string of the molecule is CC(C)C(NC1CCOC2(CCOCC2)C1)C(=O)O. The molecule has 2 saturated heterocycles. The topological polar surface area (TPSA) is 67.8 Å². The zero-order chi connectivity index (χ0) is 13.9. The normalized spacial score (nSPS) is 28.5. The largest absolute Gasteiger partial charge is 0.480 e. The van der Waals surface area contributed by atoms with Crippen LogP contribution in [0.15, 0.2) is 0 Å². The molecule has 5 nitrogen and oxygen atoms in total. The molecular weight excluding hydrogens is 246 g/mol. The maximum atomic E-state index is 11.3. The molecule has 0 aliphatic carbocycles. The summed E-state index contributed by atoms with van der Waals surface area (Å²) >= 11 is 0. The third-order valence-electron chi connectivity index (χ3n) is 4.24. The van der Waals surface area contributed by atoms with E-state index >= 15 is 0 Å². The van der Waals surface area contributed by atoms with Gasteiger partial charge in [-0.05, 0) is 31.6 Å². The van der Waals surface area contributed by atoms with Gasteiger partial charge >= 0.3 is 5.97 Å². The predicted molar refractivity (Wildman–Crippen MR) is 71.2 cm³/mol. The van der Waals surface area contributed by atoms with E-state index in [1.54, 1.807) is 0 Å². The minimum atomic E-state index is -0.762. The van der Waals surface area contributed by atoms with Crippen molar-refractivity contribution in [2.24, 2.45) is 5.92 Å². The van der Waals surface area contributed by atoms with E-state index in [1.165, 1.54) is 0 Å². The summed E-state index contributed by atoms with van der Waals surface area (Å²) < 4.78 is 11.4. The number of aliphatic carboxylic acids is 1. The highest BCUT2D eigenvalue weighted by Crippen LogP contribution is 2.34. The number of hydrogen-bond acceptors (Lipinski definition) is 4. The Balaban J connectivity index is 1.95. The van der Waals surface area contributed by atoms with Gasteiger partial charge in [-0.1, -0.05) is 13.8 Å². The number of carbonyl (C=O) groups is 1. The molecule has 0 bridgehead atoms. The lowest BCUT2D eigenvalue weighted by atomic mass is 9.83. The molecule has 0 aromatic heterocycles. The molecule has 0 amide bonds. The van der Waals surface area contributed by atoms with Crippen LogP contribution < -0.4 is 5.32 Å². The third-order valence-corrected chi connectivity index (χ3v) is 4.24. The fraction of sp³-hybridized carbons (Fsp3) is 0.929. The highest BCUT2D eigenvalue weighted by atomic mass is 16.5. The monoisotopic (exact) mass is 271 g/mol. The van der Waals surface area contributed by atoms with E-state index < -0.39 is 12.0 Å². The molecule has 0 aromatic carbocycles. The first-order chi connectivity index (χ1) is 9.02. The van der Waals surface area contributed by atoms with E-state index in [9.17, 15) is 9.90 Å². The van der Waals surface area contributed by atoms with Gasteiger partial charge in [0.1, 0.15) is 6.04 Å². The first kappa shape index (κ1) is 14.8. The van der Waals surface area contributed by atoms with E-state index in [2.05, 4.69) is 5.32 Å². The molecule has 2 rings (SSSR count). The fourth-order valence-corrected chi connectivity index (χ4v) is 3.06. The van der Waals surface area contributed by atoms with Crippen LogP contribution >= 0.6 is 0 Å². The number of ether oxygens (including phenoxy) is 2. The average Bonchev–Trinajstić information content (AvgIpc) is 2.36. The first-order valence-electron chi connectivity index (χ1n) is 7.23. The molecule has 19 heavy (non-hydrogen) atoms. The lowest BCUT2D eigenvalue weighted by Gasteiger charge is -2.44. The number of rotatable bonds is 4. The molecule has 1 spiro atoms. The molecule has 0 aromatic rings. The summed E-state index contributed by atoms with van der Waals surface area (Å²) in [5, 5.41) is 12.6. The van der Waals surface area contributed by atoms with E-state index in [0.717, 1.165) is 38.9 Å². The van der Waals surface area contributed by atoms with Crippen molar-refractivity contribution in [3.05, 3.63) is 0 Å². The molecule has 0 radical (unpaired) electrons. The van der Waals surface area contributed by atoms with Crippen molar-refractivity contribution in [2.45, 2.75) is 57.2 Å². The summed E-state index contributed by atoms with van der Waals surface area (Å²) in [6.07, 6.45) is 3.63. The van der Waals surface area contributed by atoms with Crippen LogP contribution in [-0.4, -0.2) is 48.6 Å². The molecule has 2 aliphatic heterocycles. The summed E-state index contributed by atoms with van der Waals surface area (Å²) in [5.41, 5.74) is -0.0891. The van der Waals surface area contributed by atoms with Gasteiger partial charge in [-0.15, -0.1) is 0 Å². The molecule has 2 atom stereocenters. The Kier molecular flexibility index (Phi) is 4.81. The van der Waals surface area contributed by atoms with Crippen LogP contribution in [0.2, 0.25) is 0 Å². The van der Waals surface area contributed by atoms with Gasteiger partial charge in [-0.2, -0.15) is 0 Å². The van der Waals surface area contributed by atoms with Crippen molar-refractivity contribution < 1.29 is 19.4 Å². The van der Waals surface area contributed by atoms with Crippen molar-refractivity contribution in [3.8, 4) is 0 Å². The van der Waals surface area contributed by atoms with Crippen molar-refractivity contribution >= 4 is 5.97 Å². The molecule has 2 N–H and O–H groups in total. The van der Waals surface area contributed by atoms with E-state index in [-0.39, 0.29) is 17.6 Å². The maximum absolute atomic E-state index is 11.3. The second kappa shape index (κ2) is 6.20. The minimum Gasteiger partial charge on any atom is -0.480 e. The lowest BCUT2D eigenvalue weighted by molar-refractivity contribution is -0.148. The van der Waals surface area contributed by atoms with Crippen LogP contribution in [0.3, 0.4) is 0 Å². The molecule has 2 heterocycles. The van der Waals surface area contributed by atoms with Crippen LogP contribution in [0, 0.1) is 5.92 Å². The van der Waals surface area contributed by atoms with Gasteiger partial charge in [0.2, 0.25) is 0 Å². The van der Waals surface area contributed by atoms with Crippen molar-refractivity contribution in [2.75, 3.05) is 19.8 Å². The quantitative estimate of drug-likeness (QED) is 0.809. The molecule has 2 unspecified atom stereocenters. The van der Waals surface area contributed by atoms with Gasteiger partial charge in [0, 0.05) is 25.9 Å². The van der Waals surface area contributed by atoms with Gasteiger partial charge in [-0.25, -0.2) is 0 Å². The summed E-state index contributed by atoms with van der Waals surface area (Å²) in [5.74, 6) is -0.673. The van der Waals surface area contributed by atoms with E-state index in [4.69, 9.17) is 9.47 Å². The maximum Gasteiger partial charge on any atom is 0.320 e. The number of nitrogens with one attached hydrogen (secondary N) is 1. The second-order valence-corrected chi connectivity index (χ2v) is 6.06. The molecular formula is C14H25NO4. The highest BCUT2D eigenvalue weighted by Gasteiger charge is 2.40. The van der Waals surface area contributed by atoms with Crippen LogP contribution in [0.25, 0.3) is 0 Å². The van der Waals surface area contributed by atoms with Gasteiger partial charge in [-0.3, -0.25) is 4.79 Å². The highest BCUT2D eigenvalue weighted by molar-refractivity contribution is 5.73. The smallest absolute Gasteiger partial charge is 0.320 e. The van der Waals surface area contributed by atoms with Crippen LogP contribution in [-0.2, 0) is 14.3 Å². The molecule has 5 heteroatoms. The number of carboxylic acid groups (broad SMARTS) is 1. The van der Waals surface area contributed by atoms with Gasteiger partial charge in [0.05, 0.1) is 5.60 Å². The molecule has 110 valence electrons. The molecule has 0 saturated carbocycles. The predicted octanol–water partition coefficient (Wildman–Crippen LogP) is 1.41. The Bertz CT molecular complexity index is 307. The lowest BCUT2D eigenvalue weighted by Crippen LogP contribution is -2.54. The summed E-state index contributed by atoms with van der Waals surface area (Å²) in [7, 11) is 0. The Hall–Kier alpha value is -0.650. The minimum absolute atomic E-state index is 0.0889. The molecule has 2 fully saturated rings. The van der Waals surface area contributed by atoms with Crippen molar-refractivity contribution in [1.29, 1.82) is 0 Å². The van der Waals surface area contributed by atoms with Gasteiger partial charge in [0.15, 0.2) is 0 Å². The number of carboxylic acids is 1. The average molecular weight is 271 g/mol. The first-order valence-corrected chi connectivity index (χ1v) is 7.23. The zero-order valence-corrected chi connectivity index (χ0v) is 11.9. The Morgan fingerprint density at radius 1 is 1.32 bits per heavy atom. The third kappa shape index (κ3) is 3.68. The van der Waals surface area contributed by atoms with Crippen LogP contribution in [0.1, 0.15) is 39.5 Å². The van der Waals surface area contributed by atoms with Gasteiger partial charge < -0.3 is 19.9 Å². The zero-order valence-electron chi connectivity index (χ0n) is 11.9. The van der Waals surface area contributed by atoms with E-state index in [1.807, 2.05) is 13.8 Å². The van der Waals surface area contributed by atoms with Crippen molar-refractivity contribution in [1.82, 2.24) is 5.32 Å². The Labute approximate surface area is 114 Å². The Morgan fingerprint density at radius 2 is 2.00 bits per heavy atom. The van der Waals surface area contributed by atoms with Gasteiger partial charge in [0.25, 0.3) is 0 Å². The Morgan fingerprint density at radius 3 is 2.58 bits per heavy atom. The van der Waals surface area contributed by atoms with E-state index in [0.29, 0.717) is 6.61 Å².